The number of morpholine rings is 1. The van der Waals surface area contributed by atoms with E-state index in [9.17, 15) is 9.18 Å². The molecule has 1 aromatic heterocycles. The van der Waals surface area contributed by atoms with Crippen molar-refractivity contribution in [2.45, 2.75) is 12.6 Å². The lowest BCUT2D eigenvalue weighted by Crippen LogP contribution is -2.43. The first-order valence-electron chi connectivity index (χ1n) is 8.14. The number of ether oxygens (including phenoxy) is 1. The fourth-order valence-corrected chi connectivity index (χ4v) is 3.05. The van der Waals surface area contributed by atoms with Gasteiger partial charge in [0.2, 0.25) is 5.91 Å². The summed E-state index contributed by atoms with van der Waals surface area (Å²) in [6, 6.07) is 13.8. The smallest absolute Gasteiger partial charge is 0.244 e. The lowest BCUT2D eigenvalue weighted by atomic mass is 10.1. The summed E-state index contributed by atoms with van der Waals surface area (Å²) in [5.74, 6) is -0.362. The zero-order valence-corrected chi connectivity index (χ0v) is 13.5. The average molecular weight is 340 g/mol. The monoisotopic (exact) mass is 340 g/mol. The molecule has 2 heterocycles. The molecule has 0 radical (unpaired) electrons. The number of rotatable bonds is 3. The molecule has 1 aliphatic rings. The average Bonchev–Trinajstić information content (AvgIpc) is 3.05. The van der Waals surface area contributed by atoms with Crippen molar-refractivity contribution in [1.29, 1.82) is 0 Å². The number of nitrogens with zero attached hydrogens (tertiary/aromatic N) is 4. The Balaban J connectivity index is 1.48. The SMILES string of the molecule is O=C(Cn1nnc2ccccc21)N1CCOC(c2cccc(F)c2)C1. The summed E-state index contributed by atoms with van der Waals surface area (Å²) in [5, 5.41) is 8.12. The van der Waals surface area contributed by atoms with Gasteiger partial charge in [-0.15, -0.1) is 5.10 Å². The Morgan fingerprint density at radius 1 is 1.24 bits per heavy atom. The highest BCUT2D eigenvalue weighted by atomic mass is 19.1. The van der Waals surface area contributed by atoms with Crippen LogP contribution in [0.15, 0.2) is 48.5 Å². The van der Waals surface area contributed by atoms with Crippen molar-refractivity contribution in [2.24, 2.45) is 0 Å². The summed E-state index contributed by atoms with van der Waals surface area (Å²) in [7, 11) is 0. The van der Waals surface area contributed by atoms with Crippen molar-refractivity contribution in [1.82, 2.24) is 19.9 Å². The van der Waals surface area contributed by atoms with Crippen molar-refractivity contribution < 1.29 is 13.9 Å². The van der Waals surface area contributed by atoms with Crippen LogP contribution in [0.5, 0.6) is 0 Å². The van der Waals surface area contributed by atoms with Crippen LogP contribution in [0.3, 0.4) is 0 Å². The van der Waals surface area contributed by atoms with E-state index in [2.05, 4.69) is 10.3 Å². The molecule has 1 saturated heterocycles. The minimum atomic E-state index is -0.319. The molecule has 6 nitrogen and oxygen atoms in total. The molecule has 0 aliphatic carbocycles. The number of aromatic nitrogens is 3. The van der Waals surface area contributed by atoms with Gasteiger partial charge in [0.15, 0.2) is 0 Å². The first-order valence-corrected chi connectivity index (χ1v) is 8.14. The number of halogens is 1. The summed E-state index contributed by atoms with van der Waals surface area (Å²) in [4.78, 5) is 14.4. The molecule has 0 bridgehead atoms. The van der Waals surface area contributed by atoms with Gasteiger partial charge in [-0.1, -0.05) is 29.5 Å². The van der Waals surface area contributed by atoms with Gasteiger partial charge in [-0.25, -0.2) is 9.07 Å². The summed E-state index contributed by atoms with van der Waals surface area (Å²) in [6.07, 6.45) is -0.319. The number of hydrogen-bond donors (Lipinski definition) is 0. The number of para-hydroxylation sites is 1. The summed E-state index contributed by atoms with van der Waals surface area (Å²) in [6.45, 7) is 1.45. The van der Waals surface area contributed by atoms with E-state index in [1.807, 2.05) is 30.3 Å². The van der Waals surface area contributed by atoms with E-state index < -0.39 is 0 Å². The van der Waals surface area contributed by atoms with Crippen molar-refractivity contribution in [3.05, 3.63) is 59.9 Å². The Bertz CT molecular complexity index is 911. The van der Waals surface area contributed by atoms with Gasteiger partial charge in [0.05, 0.1) is 18.7 Å². The summed E-state index contributed by atoms with van der Waals surface area (Å²) in [5.41, 5.74) is 2.32. The number of hydrogen-bond acceptors (Lipinski definition) is 4. The minimum absolute atomic E-state index is 0.0552. The highest BCUT2D eigenvalue weighted by Gasteiger charge is 2.26. The van der Waals surface area contributed by atoms with E-state index in [1.165, 1.54) is 12.1 Å². The normalized spacial score (nSPS) is 17.8. The summed E-state index contributed by atoms with van der Waals surface area (Å²) < 4.78 is 20.7. The van der Waals surface area contributed by atoms with Gasteiger partial charge in [-0.2, -0.15) is 0 Å². The minimum Gasteiger partial charge on any atom is -0.370 e. The van der Waals surface area contributed by atoms with E-state index in [0.717, 1.165) is 16.6 Å². The van der Waals surface area contributed by atoms with Gasteiger partial charge in [0, 0.05) is 6.54 Å². The highest BCUT2D eigenvalue weighted by molar-refractivity contribution is 5.79. The van der Waals surface area contributed by atoms with Crippen molar-refractivity contribution in [3.8, 4) is 0 Å². The summed E-state index contributed by atoms with van der Waals surface area (Å²) >= 11 is 0. The van der Waals surface area contributed by atoms with Crippen molar-refractivity contribution in [2.75, 3.05) is 19.7 Å². The molecule has 4 rings (SSSR count). The number of fused-ring (bicyclic) bond motifs is 1. The topological polar surface area (TPSA) is 60.2 Å². The second-order valence-corrected chi connectivity index (χ2v) is 5.99. The van der Waals surface area contributed by atoms with E-state index in [-0.39, 0.29) is 24.4 Å². The fourth-order valence-electron chi connectivity index (χ4n) is 3.05. The zero-order chi connectivity index (χ0) is 17.2. The Kier molecular flexibility index (Phi) is 4.15. The molecule has 128 valence electrons. The van der Waals surface area contributed by atoms with Crippen LogP contribution >= 0.6 is 0 Å². The van der Waals surface area contributed by atoms with Crippen molar-refractivity contribution >= 4 is 16.9 Å². The molecule has 1 fully saturated rings. The van der Waals surface area contributed by atoms with Gasteiger partial charge < -0.3 is 9.64 Å². The first-order chi connectivity index (χ1) is 12.2. The number of carbonyl (C=O) groups is 1. The van der Waals surface area contributed by atoms with Gasteiger partial charge in [-0.3, -0.25) is 4.79 Å². The molecule has 0 N–H and O–H groups in total. The van der Waals surface area contributed by atoms with Crippen LogP contribution in [-0.2, 0) is 16.1 Å². The maximum atomic E-state index is 13.4. The molecule has 3 aromatic rings. The molecule has 7 heteroatoms. The predicted octanol–water partition coefficient (Wildman–Crippen LogP) is 2.17. The molecular weight excluding hydrogens is 323 g/mol. The van der Waals surface area contributed by atoms with Crippen LogP contribution in [0, 0.1) is 5.82 Å². The Morgan fingerprint density at radius 2 is 2.12 bits per heavy atom. The molecule has 25 heavy (non-hydrogen) atoms. The number of benzene rings is 2. The highest BCUT2D eigenvalue weighted by Crippen LogP contribution is 2.23. The van der Waals surface area contributed by atoms with E-state index in [4.69, 9.17) is 4.74 Å². The quantitative estimate of drug-likeness (QED) is 0.733. The molecule has 0 saturated carbocycles. The van der Waals surface area contributed by atoms with E-state index in [1.54, 1.807) is 15.6 Å². The third kappa shape index (κ3) is 3.23. The lowest BCUT2D eigenvalue weighted by Gasteiger charge is -2.33. The molecule has 1 amide bonds. The molecular formula is C18H17FN4O2. The molecule has 1 atom stereocenters. The van der Waals surface area contributed by atoms with E-state index in [0.29, 0.717) is 19.7 Å². The predicted molar refractivity (Wildman–Crippen MR) is 89.2 cm³/mol. The van der Waals surface area contributed by atoms with Gasteiger partial charge in [0.1, 0.15) is 24.0 Å². The molecule has 0 spiro atoms. The Labute approximate surface area is 143 Å². The lowest BCUT2D eigenvalue weighted by molar-refractivity contribution is -0.139. The van der Waals surface area contributed by atoms with Crippen LogP contribution in [0.2, 0.25) is 0 Å². The van der Waals surface area contributed by atoms with Crippen LogP contribution in [0.25, 0.3) is 11.0 Å². The van der Waals surface area contributed by atoms with Crippen LogP contribution in [0.1, 0.15) is 11.7 Å². The van der Waals surface area contributed by atoms with Crippen LogP contribution in [-0.4, -0.2) is 45.5 Å². The first kappa shape index (κ1) is 15.7. The van der Waals surface area contributed by atoms with Gasteiger partial charge in [0.25, 0.3) is 0 Å². The Morgan fingerprint density at radius 3 is 3.00 bits per heavy atom. The fraction of sp³-hybridized carbons (Fsp3) is 0.278. The Hall–Kier alpha value is -2.80. The largest absolute Gasteiger partial charge is 0.370 e. The number of amides is 1. The van der Waals surface area contributed by atoms with Gasteiger partial charge >= 0.3 is 0 Å². The van der Waals surface area contributed by atoms with Gasteiger partial charge in [-0.05, 0) is 29.8 Å². The maximum Gasteiger partial charge on any atom is 0.244 e. The third-order valence-electron chi connectivity index (χ3n) is 4.34. The third-order valence-corrected chi connectivity index (χ3v) is 4.34. The van der Waals surface area contributed by atoms with Crippen LogP contribution < -0.4 is 0 Å². The maximum absolute atomic E-state index is 13.4. The van der Waals surface area contributed by atoms with E-state index >= 15 is 0 Å². The standard InChI is InChI=1S/C18H17FN4O2/c19-14-5-3-4-13(10-14)17-11-22(8-9-25-17)18(24)12-23-16-7-2-1-6-15(16)20-21-23/h1-7,10,17H,8-9,11-12H2. The van der Waals surface area contributed by atoms with Crippen LogP contribution in [0.4, 0.5) is 4.39 Å². The molecule has 1 unspecified atom stereocenters. The zero-order valence-electron chi connectivity index (χ0n) is 13.5. The molecule has 1 aliphatic heterocycles. The van der Waals surface area contributed by atoms with Crippen molar-refractivity contribution in [3.63, 3.8) is 0 Å². The second kappa shape index (κ2) is 6.60. The number of carbonyl (C=O) groups excluding carboxylic acids is 1. The second-order valence-electron chi connectivity index (χ2n) is 5.99. The molecule has 2 aromatic carbocycles.